The van der Waals surface area contributed by atoms with Crippen molar-refractivity contribution in [2.75, 3.05) is 10.2 Å². The van der Waals surface area contributed by atoms with E-state index in [2.05, 4.69) is 10.3 Å². The van der Waals surface area contributed by atoms with Gasteiger partial charge in [-0.1, -0.05) is 17.7 Å². The van der Waals surface area contributed by atoms with Crippen molar-refractivity contribution < 1.29 is 14.3 Å². The molecule has 0 unspecified atom stereocenters. The number of benzene rings is 1. The molecular formula is C18H18ClN3O3. The number of nitrogens with one attached hydrogen (secondary N) is 1. The smallest absolute Gasteiger partial charge is 0.282 e. The van der Waals surface area contributed by atoms with Crippen molar-refractivity contribution >= 4 is 34.9 Å². The lowest BCUT2D eigenvalue weighted by molar-refractivity contribution is -0.145. The normalized spacial score (nSPS) is 19.4. The largest absolute Gasteiger partial charge is 0.464 e. The van der Waals surface area contributed by atoms with Gasteiger partial charge in [0.25, 0.3) is 17.4 Å². The lowest BCUT2D eigenvalue weighted by Crippen LogP contribution is -2.62. The van der Waals surface area contributed by atoms with Crippen molar-refractivity contribution in [2.24, 2.45) is 0 Å². The number of fused-ring (bicyclic) bond motifs is 1. The number of ether oxygens (including phenoxy) is 1. The first-order chi connectivity index (χ1) is 11.8. The van der Waals surface area contributed by atoms with E-state index in [0.717, 1.165) is 0 Å². The molecule has 0 radical (unpaired) electrons. The minimum Gasteiger partial charge on any atom is -0.464 e. The average molecular weight is 360 g/mol. The van der Waals surface area contributed by atoms with Crippen LogP contribution in [0.25, 0.3) is 0 Å². The summed E-state index contributed by atoms with van der Waals surface area (Å²) in [5.74, 6) is -0.233. The van der Waals surface area contributed by atoms with Gasteiger partial charge in [-0.3, -0.25) is 14.5 Å². The summed E-state index contributed by atoms with van der Waals surface area (Å²) in [5, 5.41) is 3.18. The molecule has 1 N–H and O–H groups in total. The van der Waals surface area contributed by atoms with E-state index in [1.54, 1.807) is 42.6 Å². The molecule has 1 aliphatic rings. The van der Waals surface area contributed by atoms with Crippen LogP contribution in [-0.4, -0.2) is 28.4 Å². The molecule has 1 aromatic heterocycles. The topological polar surface area (TPSA) is 71.5 Å². The fraction of sp³-hybridized carbons (Fsp3) is 0.278. The maximum absolute atomic E-state index is 13.0. The number of nitrogens with zero attached hydrogens (tertiary/aromatic N) is 2. The summed E-state index contributed by atoms with van der Waals surface area (Å²) in [4.78, 5) is 31.6. The van der Waals surface area contributed by atoms with Crippen LogP contribution in [0.4, 0.5) is 11.5 Å². The van der Waals surface area contributed by atoms with Crippen molar-refractivity contribution in [3.8, 4) is 5.75 Å². The fourth-order valence-corrected chi connectivity index (χ4v) is 2.86. The SMILES string of the molecule is CC(C)N1C(=O)[C@@](C)(C(=O)Nc2cccc(Cl)c2)Oc2cccnc21. The predicted octanol–water partition coefficient (Wildman–Crippen LogP) is 3.27. The van der Waals surface area contributed by atoms with Crippen LogP contribution in [0.2, 0.25) is 5.02 Å². The number of anilines is 2. The zero-order valence-electron chi connectivity index (χ0n) is 14.1. The van der Waals surface area contributed by atoms with Crippen LogP contribution >= 0.6 is 11.6 Å². The van der Waals surface area contributed by atoms with Crippen LogP contribution in [0.15, 0.2) is 42.6 Å². The number of carbonyl (C=O) groups excluding carboxylic acids is 2. The lowest BCUT2D eigenvalue weighted by atomic mass is 9.99. The summed E-state index contributed by atoms with van der Waals surface area (Å²) in [7, 11) is 0. The molecule has 3 rings (SSSR count). The minimum atomic E-state index is -1.71. The van der Waals surface area contributed by atoms with Gasteiger partial charge < -0.3 is 10.1 Å². The Morgan fingerprint density at radius 3 is 2.76 bits per heavy atom. The molecule has 1 aliphatic heterocycles. The van der Waals surface area contributed by atoms with E-state index in [-0.39, 0.29) is 6.04 Å². The molecular weight excluding hydrogens is 342 g/mol. The standard InChI is InChI=1S/C18H18ClN3O3/c1-11(2)22-15-14(8-5-9-20-15)25-18(3,17(22)24)16(23)21-13-7-4-6-12(19)10-13/h4-11H,1-3H3,(H,21,23)/t18-/m1/s1. The molecule has 2 amide bonds. The molecule has 0 saturated heterocycles. The second-order valence-electron chi connectivity index (χ2n) is 6.19. The molecule has 1 aromatic carbocycles. The monoisotopic (exact) mass is 359 g/mol. The molecule has 7 heteroatoms. The number of amides is 2. The molecule has 0 spiro atoms. The van der Waals surface area contributed by atoms with Gasteiger partial charge >= 0.3 is 0 Å². The number of aromatic nitrogens is 1. The Bertz CT molecular complexity index is 840. The summed E-state index contributed by atoms with van der Waals surface area (Å²) >= 11 is 5.94. The third-order valence-corrected chi connectivity index (χ3v) is 4.19. The highest BCUT2D eigenvalue weighted by Gasteiger charge is 2.51. The van der Waals surface area contributed by atoms with Crippen molar-refractivity contribution in [1.29, 1.82) is 0 Å². The Kier molecular flexibility index (Phi) is 4.39. The van der Waals surface area contributed by atoms with E-state index < -0.39 is 17.4 Å². The van der Waals surface area contributed by atoms with Gasteiger partial charge in [-0.2, -0.15) is 0 Å². The van der Waals surface area contributed by atoms with Crippen LogP contribution in [0.5, 0.6) is 5.75 Å². The molecule has 130 valence electrons. The third-order valence-electron chi connectivity index (χ3n) is 3.95. The molecule has 0 aliphatic carbocycles. The molecule has 0 fully saturated rings. The van der Waals surface area contributed by atoms with E-state index in [4.69, 9.17) is 16.3 Å². The first-order valence-corrected chi connectivity index (χ1v) is 8.25. The molecule has 2 heterocycles. The highest BCUT2D eigenvalue weighted by atomic mass is 35.5. The lowest BCUT2D eigenvalue weighted by Gasteiger charge is -2.40. The van der Waals surface area contributed by atoms with Gasteiger partial charge in [-0.25, -0.2) is 4.98 Å². The first kappa shape index (κ1) is 17.2. The van der Waals surface area contributed by atoms with Crippen LogP contribution in [0.3, 0.4) is 0 Å². The van der Waals surface area contributed by atoms with E-state index in [1.165, 1.54) is 11.8 Å². The van der Waals surface area contributed by atoms with Gasteiger partial charge in [0.05, 0.1) is 0 Å². The molecule has 1 atom stereocenters. The second-order valence-corrected chi connectivity index (χ2v) is 6.63. The predicted molar refractivity (Wildman–Crippen MR) is 96.0 cm³/mol. The Labute approximate surface area is 150 Å². The molecule has 0 saturated carbocycles. The van der Waals surface area contributed by atoms with Crippen molar-refractivity contribution in [2.45, 2.75) is 32.4 Å². The highest BCUT2D eigenvalue weighted by Crippen LogP contribution is 2.37. The summed E-state index contributed by atoms with van der Waals surface area (Å²) in [6.07, 6.45) is 1.58. The maximum atomic E-state index is 13.0. The molecule has 25 heavy (non-hydrogen) atoms. The second kappa shape index (κ2) is 6.37. The van der Waals surface area contributed by atoms with Crippen LogP contribution < -0.4 is 15.0 Å². The number of hydrogen-bond donors (Lipinski definition) is 1. The van der Waals surface area contributed by atoms with Gasteiger partial charge in [0.1, 0.15) is 0 Å². The van der Waals surface area contributed by atoms with Gasteiger partial charge in [0.15, 0.2) is 11.6 Å². The van der Waals surface area contributed by atoms with Crippen molar-refractivity contribution in [3.63, 3.8) is 0 Å². The molecule has 2 aromatic rings. The molecule has 0 bridgehead atoms. The van der Waals surface area contributed by atoms with Gasteiger partial charge in [0.2, 0.25) is 0 Å². The van der Waals surface area contributed by atoms with Crippen molar-refractivity contribution in [3.05, 3.63) is 47.6 Å². The molecule has 6 nitrogen and oxygen atoms in total. The summed E-state index contributed by atoms with van der Waals surface area (Å²) < 4.78 is 5.78. The Balaban J connectivity index is 1.97. The summed E-state index contributed by atoms with van der Waals surface area (Å²) in [5.41, 5.74) is -1.22. The van der Waals surface area contributed by atoms with Crippen LogP contribution in [-0.2, 0) is 9.59 Å². The fourth-order valence-electron chi connectivity index (χ4n) is 2.67. The van der Waals surface area contributed by atoms with Crippen LogP contribution in [0.1, 0.15) is 20.8 Å². The van der Waals surface area contributed by atoms with Gasteiger partial charge in [-0.05, 0) is 51.1 Å². The maximum Gasteiger partial charge on any atom is 0.282 e. The zero-order valence-corrected chi connectivity index (χ0v) is 14.9. The van der Waals surface area contributed by atoms with Gasteiger partial charge in [0, 0.05) is 22.9 Å². The van der Waals surface area contributed by atoms with E-state index >= 15 is 0 Å². The van der Waals surface area contributed by atoms with Crippen LogP contribution in [0, 0.1) is 0 Å². The van der Waals surface area contributed by atoms with Gasteiger partial charge in [-0.15, -0.1) is 0 Å². The van der Waals surface area contributed by atoms with E-state index in [9.17, 15) is 9.59 Å². The highest BCUT2D eigenvalue weighted by molar-refractivity contribution is 6.31. The Morgan fingerprint density at radius 1 is 1.32 bits per heavy atom. The Hall–Kier alpha value is -2.60. The number of hydrogen-bond acceptors (Lipinski definition) is 4. The summed E-state index contributed by atoms with van der Waals surface area (Å²) in [6, 6.07) is 9.91. The first-order valence-electron chi connectivity index (χ1n) is 7.87. The number of rotatable bonds is 3. The number of halogens is 1. The zero-order chi connectivity index (χ0) is 18.2. The van der Waals surface area contributed by atoms with Crippen molar-refractivity contribution in [1.82, 2.24) is 4.98 Å². The quantitative estimate of drug-likeness (QED) is 0.854. The number of pyridine rings is 1. The average Bonchev–Trinajstić information content (AvgIpc) is 2.55. The number of carbonyl (C=O) groups is 2. The van der Waals surface area contributed by atoms with E-state index in [1.807, 2.05) is 13.8 Å². The third kappa shape index (κ3) is 3.05. The summed E-state index contributed by atoms with van der Waals surface area (Å²) in [6.45, 7) is 5.18. The van der Waals surface area contributed by atoms with E-state index in [0.29, 0.717) is 22.3 Å². The minimum absolute atomic E-state index is 0.177. The Morgan fingerprint density at radius 2 is 2.08 bits per heavy atom.